The number of methoxy groups -OCH3 is 1. The number of benzene rings is 1. The van der Waals surface area contributed by atoms with Gasteiger partial charge in [0.15, 0.2) is 11.5 Å². The first-order valence-electron chi connectivity index (χ1n) is 8.14. The van der Waals surface area contributed by atoms with Crippen molar-refractivity contribution in [3.63, 3.8) is 0 Å². The lowest BCUT2D eigenvalue weighted by Crippen LogP contribution is -2.43. The molecule has 1 aromatic carbocycles. The molecular weight excluding hydrogens is 262 g/mol. The molecule has 1 heterocycles. The van der Waals surface area contributed by atoms with Crippen molar-refractivity contribution in [3.05, 3.63) is 23.8 Å². The van der Waals surface area contributed by atoms with Crippen LogP contribution in [0.4, 0.5) is 0 Å². The van der Waals surface area contributed by atoms with Crippen molar-refractivity contribution in [1.82, 2.24) is 5.32 Å². The van der Waals surface area contributed by atoms with Crippen LogP contribution in [0, 0.1) is 5.92 Å². The summed E-state index contributed by atoms with van der Waals surface area (Å²) >= 11 is 0. The van der Waals surface area contributed by atoms with Crippen LogP contribution in [-0.4, -0.2) is 25.8 Å². The van der Waals surface area contributed by atoms with Gasteiger partial charge in [-0.2, -0.15) is 0 Å². The van der Waals surface area contributed by atoms with E-state index in [1.807, 2.05) is 13.0 Å². The molecule has 1 fully saturated rings. The number of rotatable bonds is 7. The van der Waals surface area contributed by atoms with E-state index in [2.05, 4.69) is 31.3 Å². The maximum Gasteiger partial charge on any atom is 0.163 e. The molecule has 0 radical (unpaired) electrons. The van der Waals surface area contributed by atoms with E-state index in [9.17, 15) is 0 Å². The Kier molecular flexibility index (Phi) is 5.51. The molecule has 3 nitrogen and oxygen atoms in total. The molecule has 21 heavy (non-hydrogen) atoms. The van der Waals surface area contributed by atoms with Gasteiger partial charge in [-0.05, 0) is 56.7 Å². The molecule has 2 rings (SSSR count). The van der Waals surface area contributed by atoms with Crippen LogP contribution in [0.3, 0.4) is 0 Å². The topological polar surface area (TPSA) is 30.5 Å². The number of hydrogen-bond donors (Lipinski definition) is 1. The lowest BCUT2D eigenvalue weighted by Gasteiger charge is -2.32. The van der Waals surface area contributed by atoms with Crippen LogP contribution in [0.1, 0.15) is 45.6 Å². The monoisotopic (exact) mass is 291 g/mol. The fourth-order valence-corrected chi connectivity index (χ4v) is 3.61. The van der Waals surface area contributed by atoms with Crippen molar-refractivity contribution < 1.29 is 9.47 Å². The minimum Gasteiger partial charge on any atom is -0.493 e. The van der Waals surface area contributed by atoms with Gasteiger partial charge in [0.2, 0.25) is 0 Å². The first kappa shape index (κ1) is 16.2. The van der Waals surface area contributed by atoms with E-state index in [-0.39, 0.29) is 5.54 Å². The van der Waals surface area contributed by atoms with Crippen LogP contribution in [-0.2, 0) is 6.42 Å². The Morgan fingerprint density at radius 1 is 1.33 bits per heavy atom. The minimum atomic E-state index is 0.215. The summed E-state index contributed by atoms with van der Waals surface area (Å²) in [5.74, 6) is 2.45. The second-order valence-corrected chi connectivity index (χ2v) is 6.47. The van der Waals surface area contributed by atoms with Gasteiger partial charge in [0.25, 0.3) is 0 Å². The van der Waals surface area contributed by atoms with Crippen LogP contribution < -0.4 is 14.8 Å². The number of ether oxygens (including phenoxy) is 2. The van der Waals surface area contributed by atoms with Crippen molar-refractivity contribution in [1.29, 1.82) is 0 Å². The molecule has 1 atom stereocenters. The Bertz CT molecular complexity index is 451. The third kappa shape index (κ3) is 3.91. The second kappa shape index (κ2) is 7.17. The highest BCUT2D eigenvalue weighted by Gasteiger charge is 2.35. The molecule has 1 saturated heterocycles. The number of hydrogen-bond acceptors (Lipinski definition) is 3. The molecule has 0 amide bonds. The average molecular weight is 291 g/mol. The van der Waals surface area contributed by atoms with Gasteiger partial charge in [0.1, 0.15) is 0 Å². The third-order valence-corrected chi connectivity index (χ3v) is 4.22. The first-order valence-corrected chi connectivity index (χ1v) is 8.14. The summed E-state index contributed by atoms with van der Waals surface area (Å²) in [7, 11) is 1.73. The SMILES string of the molecule is CCOc1cccc(CC2(CC(C)C)CCCN2)c1OC. The standard InChI is InChI=1S/C18H29NO2/c1-5-21-16-9-6-8-15(17(16)20-4)13-18(12-14(2)3)10-7-11-19-18/h6,8-9,14,19H,5,7,10-13H2,1-4H3. The van der Waals surface area contributed by atoms with Crippen LogP contribution in [0.25, 0.3) is 0 Å². The van der Waals surface area contributed by atoms with Crippen molar-refractivity contribution in [2.45, 2.75) is 52.0 Å². The van der Waals surface area contributed by atoms with Crippen LogP contribution in [0.5, 0.6) is 11.5 Å². The minimum absolute atomic E-state index is 0.215. The predicted octanol–water partition coefficient (Wildman–Crippen LogP) is 3.80. The van der Waals surface area contributed by atoms with E-state index in [0.717, 1.165) is 24.5 Å². The first-order chi connectivity index (χ1) is 10.1. The van der Waals surface area contributed by atoms with Gasteiger partial charge in [-0.25, -0.2) is 0 Å². The van der Waals surface area contributed by atoms with Crippen LogP contribution in [0.2, 0.25) is 0 Å². The molecule has 3 heteroatoms. The van der Waals surface area contributed by atoms with Gasteiger partial charge < -0.3 is 14.8 Å². The normalized spacial score (nSPS) is 21.8. The highest BCUT2D eigenvalue weighted by atomic mass is 16.5. The molecule has 1 N–H and O–H groups in total. The Morgan fingerprint density at radius 3 is 2.71 bits per heavy atom. The zero-order valence-corrected chi connectivity index (χ0v) is 13.9. The Labute approximate surface area is 129 Å². The van der Waals surface area contributed by atoms with Crippen molar-refractivity contribution in [2.24, 2.45) is 5.92 Å². The molecule has 1 unspecified atom stereocenters. The summed E-state index contributed by atoms with van der Waals surface area (Å²) < 4.78 is 11.3. The van der Waals surface area contributed by atoms with Crippen LogP contribution >= 0.6 is 0 Å². The summed E-state index contributed by atoms with van der Waals surface area (Å²) in [5, 5.41) is 3.76. The highest BCUT2D eigenvalue weighted by Crippen LogP contribution is 2.37. The fraction of sp³-hybridized carbons (Fsp3) is 0.667. The third-order valence-electron chi connectivity index (χ3n) is 4.22. The van der Waals surface area contributed by atoms with E-state index >= 15 is 0 Å². The molecule has 1 aliphatic rings. The Balaban J connectivity index is 2.26. The van der Waals surface area contributed by atoms with Gasteiger partial charge >= 0.3 is 0 Å². The highest BCUT2D eigenvalue weighted by molar-refractivity contribution is 5.47. The molecule has 0 aliphatic carbocycles. The molecule has 1 aliphatic heterocycles. The lowest BCUT2D eigenvalue weighted by molar-refractivity contribution is 0.288. The van der Waals surface area contributed by atoms with Crippen molar-refractivity contribution >= 4 is 0 Å². The van der Waals surface area contributed by atoms with Gasteiger partial charge in [0, 0.05) is 5.54 Å². The zero-order chi connectivity index (χ0) is 15.3. The predicted molar refractivity (Wildman–Crippen MR) is 87.3 cm³/mol. The average Bonchev–Trinajstić information content (AvgIpc) is 2.87. The van der Waals surface area contributed by atoms with Crippen molar-refractivity contribution in [3.8, 4) is 11.5 Å². The van der Waals surface area contributed by atoms with E-state index < -0.39 is 0 Å². The second-order valence-electron chi connectivity index (χ2n) is 6.47. The molecule has 0 bridgehead atoms. The van der Waals surface area contributed by atoms with E-state index in [4.69, 9.17) is 9.47 Å². The van der Waals surface area contributed by atoms with E-state index in [0.29, 0.717) is 12.5 Å². The molecule has 0 saturated carbocycles. The summed E-state index contributed by atoms with van der Waals surface area (Å²) in [6, 6.07) is 6.23. The summed E-state index contributed by atoms with van der Waals surface area (Å²) in [6.45, 7) is 8.39. The zero-order valence-electron chi connectivity index (χ0n) is 13.9. The largest absolute Gasteiger partial charge is 0.493 e. The smallest absolute Gasteiger partial charge is 0.163 e. The lowest BCUT2D eigenvalue weighted by atomic mass is 9.82. The molecular formula is C18H29NO2. The van der Waals surface area contributed by atoms with Gasteiger partial charge in [-0.3, -0.25) is 0 Å². The van der Waals surface area contributed by atoms with Crippen molar-refractivity contribution in [2.75, 3.05) is 20.3 Å². The number of para-hydroxylation sites is 1. The maximum absolute atomic E-state index is 5.70. The quantitative estimate of drug-likeness (QED) is 0.829. The van der Waals surface area contributed by atoms with E-state index in [1.54, 1.807) is 7.11 Å². The summed E-state index contributed by atoms with van der Waals surface area (Å²) in [5.41, 5.74) is 1.46. The summed E-state index contributed by atoms with van der Waals surface area (Å²) in [4.78, 5) is 0. The number of nitrogens with one attached hydrogen (secondary N) is 1. The summed E-state index contributed by atoms with van der Waals surface area (Å²) in [6.07, 6.45) is 4.72. The van der Waals surface area contributed by atoms with E-state index in [1.165, 1.54) is 24.8 Å². The molecule has 0 aromatic heterocycles. The molecule has 1 aromatic rings. The molecule has 118 valence electrons. The maximum atomic E-state index is 5.70. The van der Waals surface area contributed by atoms with Crippen LogP contribution in [0.15, 0.2) is 18.2 Å². The molecule has 0 spiro atoms. The van der Waals surface area contributed by atoms with Gasteiger partial charge in [-0.15, -0.1) is 0 Å². The fourth-order valence-electron chi connectivity index (χ4n) is 3.61. The van der Waals surface area contributed by atoms with Gasteiger partial charge in [-0.1, -0.05) is 26.0 Å². The van der Waals surface area contributed by atoms with Gasteiger partial charge in [0.05, 0.1) is 13.7 Å². The Hall–Kier alpha value is -1.22. The Morgan fingerprint density at radius 2 is 2.14 bits per heavy atom.